The molecule has 0 saturated carbocycles. The van der Waals surface area contributed by atoms with Gasteiger partial charge in [-0.1, -0.05) is 76.2 Å². The molecule has 20 atom stereocenters. The smallest absolute Gasteiger partial charge is 0.326 e. The Bertz CT molecular complexity index is 5320. The number of amides is 21. The van der Waals surface area contributed by atoms with Crippen LogP contribution in [0.5, 0.6) is 0 Å². The van der Waals surface area contributed by atoms with Crippen LogP contribution < -0.4 is 124 Å². The van der Waals surface area contributed by atoms with Crippen molar-refractivity contribution in [3.05, 3.63) is 71.9 Å². The Hall–Kier alpha value is -15.4. The number of carbonyl (C=O) groups excluding carboxylic acids is 21. The van der Waals surface area contributed by atoms with Gasteiger partial charge in [0.25, 0.3) is 0 Å². The second-order valence-electron chi connectivity index (χ2n) is 35.9. The number of carbonyl (C=O) groups is 25. The third kappa shape index (κ3) is 43.3. The number of rotatable bonds is 65. The molecular formula is C90H134N26O31S2. The fraction of sp³-hybridized carbons (Fsp3) is 0.556. The Labute approximate surface area is 863 Å². The summed E-state index contributed by atoms with van der Waals surface area (Å²) >= 11 is 8.16. The van der Waals surface area contributed by atoms with Crippen LogP contribution in [-0.2, 0) is 133 Å². The van der Waals surface area contributed by atoms with Gasteiger partial charge in [0, 0.05) is 67.4 Å². The van der Waals surface area contributed by atoms with Gasteiger partial charge in [0.05, 0.1) is 50.5 Å². The number of primary amides is 3. The Morgan fingerprint density at radius 2 is 0.846 bits per heavy atom. The normalized spacial score (nSPS) is 16.0. The fourth-order valence-corrected chi connectivity index (χ4v) is 15.4. The number of nitrogens with one attached hydrogen (secondary N) is 20. The fourth-order valence-electron chi connectivity index (χ4n) is 14.9. The molecule has 1 fully saturated rings. The molecule has 21 amide bonds. The number of aliphatic carboxylic acids is 4. The van der Waals surface area contributed by atoms with Crippen LogP contribution >= 0.6 is 25.3 Å². The second kappa shape index (κ2) is 61.9. The highest BCUT2D eigenvalue weighted by Crippen LogP contribution is 2.24. The lowest BCUT2D eigenvalue weighted by Crippen LogP contribution is -2.62. The maximum atomic E-state index is 14.8. The van der Waals surface area contributed by atoms with Crippen molar-refractivity contribution in [1.29, 1.82) is 5.41 Å². The zero-order chi connectivity index (χ0) is 112. The number of carboxylic acids is 4. The summed E-state index contributed by atoms with van der Waals surface area (Å²) in [4.78, 5) is 342. The molecule has 149 heavy (non-hydrogen) atoms. The van der Waals surface area contributed by atoms with E-state index >= 15 is 0 Å². The van der Waals surface area contributed by atoms with Crippen LogP contribution in [0, 0.1) is 17.2 Å². The minimum absolute atomic E-state index is 0.102. The average Bonchev–Trinajstić information content (AvgIpc) is 1.70. The molecule has 1 aliphatic heterocycles. The standard InChI is InChI=1S/C90H134N26O31S2/c1-39(2)28-58(110-72(129)41(5)91)88(145)116-27-15-21-61(116)84(141)108-53(30-46-35-98-48-19-13-12-18-47(46)48)77(134)106-55(32-64(94)121)79(136)104-52(29-45-16-10-9-11-17-45)76(133)100-42(6)73(130)114-70(43(7)117)85(142)99-36-65(122)101-49(20-14-26-97-90(95)96)74(131)105-54(31-63(93)120)78(135)102-50(23-25-66(123)124)75(132)111-59(37-148)82(139)107-57(34-68(127)128)81(138)113-69(40(3)4)86(143)112-60(38-149)83(140)115-71(44(8)118)87(144)109-56(33-67(125)126)80(137)103-51(89(146)147)22-24-62(92)119/h9-13,16-19,35,39-44,49-61,69-71,98,117-118,148-149H,14-15,20-34,36-38,91H2,1-8H3,(H2,92,119)(H2,93,120)(H2,94,121)(H,99,142)(H,100,133)(H,101,122)(H,102,135)(H,103,137)(H,104,136)(H,105,131)(H,106,134)(H,107,139)(H,108,141)(H,109,144)(H,110,129)(H,111,132)(H,112,143)(H,113,138)(H,114,130)(H,115,140)(H,123,124)(H,125,126)(H,127,128)(H,146,147)(H4,95,96,97)/t41-,42-,43+,44+,49-,50-,51-,52-,53-,54-,55-,56-,57-,58-,59-,60-,61-,69-,70-,71-/m0/s1. The number of nitrogens with zero attached hydrogens (tertiary/aromatic N) is 1. The van der Waals surface area contributed by atoms with Gasteiger partial charge in [0.1, 0.15) is 103 Å². The molecule has 0 spiro atoms. The molecular weight excluding hydrogens is 2010 g/mol. The number of guanidine groups is 1. The lowest BCUT2D eigenvalue weighted by Gasteiger charge is -2.31. The molecule has 822 valence electrons. The zero-order valence-electron chi connectivity index (χ0n) is 82.7. The first-order valence-corrected chi connectivity index (χ1v) is 48.3. The Kier molecular flexibility index (Phi) is 52.3. The molecule has 0 unspecified atom stereocenters. The van der Waals surface area contributed by atoms with Gasteiger partial charge in [0.2, 0.25) is 124 Å². The molecule has 1 aliphatic rings. The Morgan fingerprint density at radius 3 is 1.35 bits per heavy atom. The highest BCUT2D eigenvalue weighted by molar-refractivity contribution is 7.80. The number of aromatic amines is 1. The molecule has 0 bridgehead atoms. The van der Waals surface area contributed by atoms with E-state index in [1.165, 1.54) is 25.7 Å². The van der Waals surface area contributed by atoms with E-state index in [0.717, 1.165) is 20.8 Å². The van der Waals surface area contributed by atoms with Crippen molar-refractivity contribution in [1.82, 2.24) is 106 Å². The van der Waals surface area contributed by atoms with E-state index in [1.807, 2.05) is 24.5 Å². The molecule has 0 aliphatic carbocycles. The lowest BCUT2D eigenvalue weighted by atomic mass is 10.0. The predicted molar refractivity (Wildman–Crippen MR) is 530 cm³/mol. The SMILES string of the molecule is CC(C)C[C@H](NC(=O)[C@H](C)N)C(=O)N1CCC[C@H]1C(=O)N[C@@H](Cc1c[nH]c2ccccc12)C(=O)N[C@@H](CC(N)=O)C(=O)N[C@@H](Cc1ccccc1)C(=O)N[C@@H](C)C(=O)N[C@H](C(=O)NCC(=O)N[C@@H](CCCNC(=N)N)C(=O)N[C@@H](CC(N)=O)C(=O)N[C@@H](CCC(=O)O)C(=O)N[C@@H](CS)C(=O)N[C@@H](CC(=O)O)C(=O)N[C@H](C(=O)N[C@@H](CS)C(=O)N[C@H](C(=O)N[C@@H](CC(=O)O)C(=O)N[C@@H](CCC(N)=O)C(=O)O)[C@@H](C)O)C(C)C)[C@@H](C)O. The number of thiol groups is 2. The number of H-pyrrole nitrogens is 1. The maximum Gasteiger partial charge on any atom is 0.326 e. The van der Waals surface area contributed by atoms with Crippen molar-refractivity contribution in [3.63, 3.8) is 0 Å². The molecule has 2 aromatic carbocycles. The molecule has 1 saturated heterocycles. The van der Waals surface area contributed by atoms with Crippen molar-refractivity contribution in [2.75, 3.05) is 31.1 Å². The summed E-state index contributed by atoms with van der Waals surface area (Å²) in [6.45, 7) is 9.77. The van der Waals surface area contributed by atoms with Crippen molar-refractivity contribution >= 4 is 190 Å². The Morgan fingerprint density at radius 1 is 0.423 bits per heavy atom. The van der Waals surface area contributed by atoms with Crippen LogP contribution in [0.3, 0.4) is 0 Å². The summed E-state index contributed by atoms with van der Waals surface area (Å²) in [5.74, 6) is -34.4. The van der Waals surface area contributed by atoms with Crippen LogP contribution in [0.4, 0.5) is 0 Å². The van der Waals surface area contributed by atoms with E-state index in [4.69, 9.17) is 34.1 Å². The zero-order valence-corrected chi connectivity index (χ0v) is 84.5. The number of nitrogens with two attached hydrogens (primary N) is 5. The molecule has 0 radical (unpaired) electrons. The van der Waals surface area contributed by atoms with Gasteiger partial charge in [-0.25, -0.2) is 4.79 Å². The minimum Gasteiger partial charge on any atom is -0.481 e. The summed E-state index contributed by atoms with van der Waals surface area (Å²) in [5.41, 5.74) is 29.1. The van der Waals surface area contributed by atoms with E-state index in [0.29, 0.717) is 28.5 Å². The second-order valence-corrected chi connectivity index (χ2v) is 36.7. The van der Waals surface area contributed by atoms with Gasteiger partial charge >= 0.3 is 23.9 Å². The summed E-state index contributed by atoms with van der Waals surface area (Å²) in [5, 5.41) is 110. The van der Waals surface area contributed by atoms with Crippen molar-refractivity contribution in [3.8, 4) is 0 Å². The van der Waals surface area contributed by atoms with Crippen LogP contribution in [0.15, 0.2) is 60.8 Å². The van der Waals surface area contributed by atoms with E-state index < -0.39 is 357 Å². The summed E-state index contributed by atoms with van der Waals surface area (Å²) in [7, 11) is 0. The number of aliphatic hydroxyl groups excluding tert-OH is 2. The number of fused-ring (bicyclic) bond motifs is 1. The number of likely N-dealkylation sites (tertiary alicyclic amines) is 1. The van der Waals surface area contributed by atoms with Gasteiger partial charge in [-0.2, -0.15) is 25.3 Å². The maximum absolute atomic E-state index is 14.8. The van der Waals surface area contributed by atoms with Gasteiger partial charge < -0.3 is 165 Å². The van der Waals surface area contributed by atoms with Gasteiger partial charge in [0.15, 0.2) is 5.96 Å². The number of hydrogen-bond donors (Lipinski definition) is 33. The summed E-state index contributed by atoms with van der Waals surface area (Å²) < 4.78 is 0. The number of carboxylic acid groups (broad SMARTS) is 4. The van der Waals surface area contributed by atoms with Crippen LogP contribution in [-0.4, -0.2) is 347 Å². The van der Waals surface area contributed by atoms with E-state index in [9.17, 15) is 151 Å². The first-order valence-electron chi connectivity index (χ1n) is 47.0. The third-order valence-electron chi connectivity index (χ3n) is 22.7. The quantitative estimate of drug-likeness (QED) is 0.0108. The van der Waals surface area contributed by atoms with Crippen LogP contribution in [0.25, 0.3) is 10.9 Å². The average molecular weight is 2140 g/mol. The highest BCUT2D eigenvalue weighted by atomic mass is 32.1. The van der Waals surface area contributed by atoms with Crippen LogP contribution in [0.1, 0.15) is 150 Å². The van der Waals surface area contributed by atoms with Crippen molar-refractivity contribution < 1.29 is 151 Å². The largest absolute Gasteiger partial charge is 0.481 e. The number of hydrogen-bond acceptors (Lipinski definition) is 31. The lowest BCUT2D eigenvalue weighted by molar-refractivity contribution is -0.144. The van der Waals surface area contributed by atoms with Crippen LogP contribution in [0.2, 0.25) is 0 Å². The van der Waals surface area contributed by atoms with Gasteiger partial charge in [-0.15, -0.1) is 0 Å². The minimum atomic E-state index is -2.16. The number of benzene rings is 2. The molecule has 4 rings (SSSR count). The van der Waals surface area contributed by atoms with E-state index in [-0.39, 0.29) is 51.1 Å². The third-order valence-corrected chi connectivity index (χ3v) is 23.4. The Balaban J connectivity index is 1.52. The predicted octanol–water partition coefficient (Wildman–Crippen LogP) is -11.3. The molecule has 1 aromatic heterocycles. The van der Waals surface area contributed by atoms with Gasteiger partial charge in [-0.05, 0) is 102 Å². The van der Waals surface area contributed by atoms with Crippen molar-refractivity contribution in [2.24, 2.45) is 40.5 Å². The van der Waals surface area contributed by atoms with E-state index in [2.05, 4.69) is 115 Å². The highest BCUT2D eigenvalue weighted by Gasteiger charge is 2.44. The first kappa shape index (κ1) is 126. The summed E-state index contributed by atoms with van der Waals surface area (Å²) in [6.07, 6.45) is -9.91. The molecule has 36 N–H and O–H groups in total. The summed E-state index contributed by atoms with van der Waals surface area (Å²) in [6, 6.07) is -16.6. The number of aliphatic hydroxyl groups is 2. The number of aromatic nitrogens is 1. The molecule has 59 heteroatoms. The number of para-hydroxylation sites is 1. The van der Waals surface area contributed by atoms with Crippen molar-refractivity contribution in [2.45, 2.75) is 273 Å². The monoisotopic (exact) mass is 2140 g/mol. The van der Waals surface area contributed by atoms with Gasteiger partial charge in [-0.3, -0.25) is 120 Å². The molecule has 57 nitrogen and oxygen atoms in total. The molecule has 2 heterocycles. The first-order chi connectivity index (χ1) is 69.9. The molecule has 3 aromatic rings. The van der Waals surface area contributed by atoms with E-state index in [1.54, 1.807) is 60.8 Å². The topological polar surface area (TPSA) is 938 Å².